The van der Waals surface area contributed by atoms with Crippen LogP contribution in [0.4, 0.5) is 0 Å². The maximum atomic E-state index is 11.6. The van der Waals surface area contributed by atoms with Gasteiger partial charge >= 0.3 is 7.60 Å². The maximum Gasteiger partial charge on any atom is 0.332 e. The Hall–Kier alpha value is -0.640. The molecule has 1 unspecified atom stereocenters. The van der Waals surface area contributed by atoms with Crippen LogP contribution in [0.5, 0.6) is 0 Å². The van der Waals surface area contributed by atoms with Gasteiger partial charge < -0.3 is 10.2 Å². The van der Waals surface area contributed by atoms with Crippen molar-refractivity contribution < 1.29 is 18.8 Å². The molecule has 26 heavy (non-hydrogen) atoms. The van der Waals surface area contributed by atoms with Gasteiger partial charge in [0.15, 0.2) is 0 Å². The minimum Gasteiger partial charge on any atom is -0.333 e. The van der Waals surface area contributed by atoms with Gasteiger partial charge in [-0.2, -0.15) is 0 Å². The number of rotatable bonds is 17. The molecule has 0 saturated carbocycles. The van der Waals surface area contributed by atoms with Gasteiger partial charge in [-0.1, -0.05) is 71.4 Å². The van der Waals surface area contributed by atoms with E-state index in [2.05, 4.69) is 24.4 Å². The van der Waals surface area contributed by atoms with E-state index in [1.165, 1.54) is 44.9 Å². The zero-order valence-corrected chi connectivity index (χ0v) is 17.9. The molecule has 0 aromatic rings. The predicted octanol–water partition coefficient (Wildman–Crippen LogP) is 5.93. The smallest absolute Gasteiger partial charge is 0.332 e. The van der Waals surface area contributed by atoms with Crippen molar-refractivity contribution in [1.82, 2.24) is 5.32 Å². The van der Waals surface area contributed by atoms with Gasteiger partial charge in [0.1, 0.15) is 6.73 Å². The Labute approximate surface area is 160 Å². The highest BCUT2D eigenvalue weighted by Crippen LogP contribution is 2.46. The number of hydrogen-bond acceptors (Lipinski definition) is 3. The molecule has 0 aromatic carbocycles. The molecule has 0 saturated heterocycles. The van der Waals surface area contributed by atoms with E-state index >= 15 is 0 Å². The monoisotopic (exact) mass is 389 g/mol. The lowest BCUT2D eigenvalue weighted by atomic mass is 10.1. The summed E-state index contributed by atoms with van der Waals surface area (Å²) < 4.78 is 16.4. The van der Waals surface area contributed by atoms with Crippen LogP contribution in [0.1, 0.15) is 97.8 Å². The SMILES string of the molecule is CCCCCCCCC/C=C\CCCCC(=O)NCOP(=O)(O)C(C)C. The van der Waals surface area contributed by atoms with Crippen molar-refractivity contribution in [2.24, 2.45) is 0 Å². The summed E-state index contributed by atoms with van der Waals surface area (Å²) in [6.45, 7) is 5.27. The fourth-order valence-corrected chi connectivity index (χ4v) is 2.99. The molecule has 0 aliphatic rings. The fourth-order valence-electron chi connectivity index (χ4n) is 2.45. The Balaban J connectivity index is 3.43. The van der Waals surface area contributed by atoms with Crippen molar-refractivity contribution in [3.8, 4) is 0 Å². The lowest BCUT2D eigenvalue weighted by molar-refractivity contribution is -0.122. The standard InChI is InChI=1S/C20H40NO4P/c1-4-5-6-7-8-9-10-11-12-13-14-15-16-17-20(22)21-18-25-26(23,24)19(2)3/h12-13,19H,4-11,14-18H2,1-3H3,(H,21,22)(H,23,24)/b13-12-. The van der Waals surface area contributed by atoms with Crippen molar-refractivity contribution in [1.29, 1.82) is 0 Å². The molecule has 154 valence electrons. The van der Waals surface area contributed by atoms with Gasteiger partial charge in [0.25, 0.3) is 0 Å². The van der Waals surface area contributed by atoms with Crippen LogP contribution >= 0.6 is 7.60 Å². The van der Waals surface area contributed by atoms with E-state index in [0.717, 1.165) is 25.7 Å². The molecule has 0 bridgehead atoms. The molecule has 1 atom stereocenters. The van der Waals surface area contributed by atoms with Crippen LogP contribution in [-0.4, -0.2) is 23.2 Å². The molecule has 2 N–H and O–H groups in total. The van der Waals surface area contributed by atoms with E-state index < -0.39 is 13.3 Å². The van der Waals surface area contributed by atoms with Crippen LogP contribution in [0.25, 0.3) is 0 Å². The topological polar surface area (TPSA) is 75.6 Å². The summed E-state index contributed by atoms with van der Waals surface area (Å²) in [4.78, 5) is 21.1. The molecule has 0 spiro atoms. The number of unbranched alkanes of at least 4 members (excludes halogenated alkanes) is 9. The molecule has 0 rings (SSSR count). The summed E-state index contributed by atoms with van der Waals surface area (Å²) in [5.41, 5.74) is -0.466. The highest BCUT2D eigenvalue weighted by atomic mass is 31.2. The molecule has 0 radical (unpaired) electrons. The summed E-state index contributed by atoms with van der Waals surface area (Å²) >= 11 is 0. The van der Waals surface area contributed by atoms with Gasteiger partial charge in [-0.15, -0.1) is 0 Å². The first-order valence-corrected chi connectivity index (χ1v) is 11.9. The Morgan fingerprint density at radius 2 is 1.54 bits per heavy atom. The highest BCUT2D eigenvalue weighted by molar-refractivity contribution is 7.53. The minimum absolute atomic E-state index is 0.138. The lowest BCUT2D eigenvalue weighted by Gasteiger charge is -2.15. The highest BCUT2D eigenvalue weighted by Gasteiger charge is 2.24. The number of hydrogen-bond donors (Lipinski definition) is 2. The lowest BCUT2D eigenvalue weighted by Crippen LogP contribution is -2.25. The summed E-state index contributed by atoms with van der Waals surface area (Å²) in [5.74, 6) is -0.138. The molecular formula is C20H40NO4P. The average Bonchev–Trinajstić information content (AvgIpc) is 2.58. The van der Waals surface area contributed by atoms with Crippen LogP contribution in [0.15, 0.2) is 12.2 Å². The molecule has 0 aromatic heterocycles. The normalized spacial score (nSPS) is 14.0. The third-order valence-electron chi connectivity index (χ3n) is 4.34. The summed E-state index contributed by atoms with van der Waals surface area (Å²) in [7, 11) is -3.60. The Bertz CT molecular complexity index is 424. The predicted molar refractivity (Wildman–Crippen MR) is 109 cm³/mol. The van der Waals surface area contributed by atoms with Crippen LogP contribution < -0.4 is 5.32 Å². The van der Waals surface area contributed by atoms with Gasteiger partial charge in [-0.25, -0.2) is 0 Å². The zero-order valence-electron chi connectivity index (χ0n) is 17.0. The third-order valence-corrected chi connectivity index (χ3v) is 6.14. The van der Waals surface area contributed by atoms with Crippen LogP contribution in [-0.2, 0) is 13.9 Å². The summed E-state index contributed by atoms with van der Waals surface area (Å²) in [5, 5.41) is 2.53. The van der Waals surface area contributed by atoms with Gasteiger partial charge in [-0.05, 0) is 32.1 Å². The van der Waals surface area contributed by atoms with E-state index in [1.807, 2.05) is 0 Å². The van der Waals surface area contributed by atoms with Gasteiger partial charge in [0.05, 0.1) is 5.66 Å². The molecular weight excluding hydrogens is 349 g/mol. The first-order chi connectivity index (χ1) is 12.4. The van der Waals surface area contributed by atoms with Crippen LogP contribution in [0.3, 0.4) is 0 Å². The van der Waals surface area contributed by atoms with Crippen molar-refractivity contribution in [3.05, 3.63) is 12.2 Å². The first kappa shape index (κ1) is 25.4. The third kappa shape index (κ3) is 15.6. The largest absolute Gasteiger partial charge is 0.333 e. The molecule has 1 amide bonds. The van der Waals surface area contributed by atoms with E-state index in [0.29, 0.717) is 6.42 Å². The number of carbonyl (C=O) groups is 1. The molecule has 0 heterocycles. The van der Waals surface area contributed by atoms with Gasteiger partial charge in [0, 0.05) is 6.42 Å². The number of nitrogens with one attached hydrogen (secondary N) is 1. The van der Waals surface area contributed by atoms with Gasteiger partial charge in [-0.3, -0.25) is 13.9 Å². The molecule has 0 fully saturated rings. The number of carbonyl (C=O) groups excluding carboxylic acids is 1. The first-order valence-electron chi connectivity index (χ1n) is 10.3. The minimum atomic E-state index is -3.60. The molecule has 0 aliphatic carbocycles. The van der Waals surface area contributed by atoms with E-state index in [9.17, 15) is 14.3 Å². The number of allylic oxidation sites excluding steroid dienone is 2. The average molecular weight is 390 g/mol. The molecule has 6 heteroatoms. The maximum absolute atomic E-state index is 11.6. The Morgan fingerprint density at radius 3 is 2.12 bits per heavy atom. The Kier molecular flexibility index (Phi) is 16.1. The van der Waals surface area contributed by atoms with Crippen molar-refractivity contribution in [2.45, 2.75) is 103 Å². The van der Waals surface area contributed by atoms with Crippen molar-refractivity contribution in [3.63, 3.8) is 0 Å². The quantitative estimate of drug-likeness (QED) is 0.140. The Morgan fingerprint density at radius 1 is 1.00 bits per heavy atom. The second-order valence-corrected chi connectivity index (χ2v) is 9.58. The summed E-state index contributed by atoms with van der Waals surface area (Å²) in [6, 6.07) is 0. The molecule has 0 aliphatic heterocycles. The van der Waals surface area contributed by atoms with Gasteiger partial charge in [0.2, 0.25) is 5.91 Å². The van der Waals surface area contributed by atoms with E-state index in [-0.39, 0.29) is 12.6 Å². The fraction of sp³-hybridized carbons (Fsp3) is 0.850. The second kappa shape index (κ2) is 16.5. The van der Waals surface area contributed by atoms with E-state index in [1.54, 1.807) is 13.8 Å². The molecule has 5 nitrogen and oxygen atoms in total. The summed E-state index contributed by atoms with van der Waals surface area (Å²) in [6.07, 6.45) is 18.2. The van der Waals surface area contributed by atoms with Crippen LogP contribution in [0.2, 0.25) is 0 Å². The number of amides is 1. The van der Waals surface area contributed by atoms with E-state index in [4.69, 9.17) is 4.52 Å². The van der Waals surface area contributed by atoms with Crippen LogP contribution in [0, 0.1) is 0 Å². The van der Waals surface area contributed by atoms with Crippen molar-refractivity contribution in [2.75, 3.05) is 6.73 Å². The zero-order chi connectivity index (χ0) is 19.7. The second-order valence-electron chi connectivity index (χ2n) is 7.16. The van der Waals surface area contributed by atoms with Crippen molar-refractivity contribution >= 4 is 13.5 Å².